The van der Waals surface area contributed by atoms with Crippen molar-refractivity contribution in [2.75, 3.05) is 4.72 Å². The highest BCUT2D eigenvalue weighted by atomic mass is 32.2. The number of aryl methyl sites for hydroxylation is 1. The average Bonchev–Trinajstić information content (AvgIpc) is 2.47. The Morgan fingerprint density at radius 2 is 1.71 bits per heavy atom. The normalized spacial score (nSPS) is 12.2. The molecular weight excluding hydrogens is 288 g/mol. The highest BCUT2D eigenvalue weighted by Crippen LogP contribution is 2.21. The van der Waals surface area contributed by atoms with E-state index in [1.54, 1.807) is 55.5 Å². The number of benzene rings is 2. The summed E-state index contributed by atoms with van der Waals surface area (Å²) in [4.78, 5) is 0.182. The molecule has 2 N–H and O–H groups in total. The molecule has 0 aliphatic heterocycles. The van der Waals surface area contributed by atoms with Gasteiger partial charge in [-0.05, 0) is 32.0 Å². The Morgan fingerprint density at radius 1 is 1.10 bits per heavy atom. The molecule has 21 heavy (non-hydrogen) atoms. The Kier molecular flexibility index (Phi) is 4.28. The molecule has 2 aromatic rings. The lowest BCUT2D eigenvalue weighted by Crippen LogP contribution is -2.15. The summed E-state index contributed by atoms with van der Waals surface area (Å²) in [6, 6.07) is 13.3. The minimum Gasteiger partial charge on any atom is -0.411 e. The topological polar surface area (TPSA) is 78.8 Å². The molecule has 0 amide bonds. The van der Waals surface area contributed by atoms with Gasteiger partial charge in [0.25, 0.3) is 10.0 Å². The Bertz CT molecular complexity index is 766. The minimum atomic E-state index is -3.68. The van der Waals surface area contributed by atoms with Crippen LogP contribution >= 0.6 is 0 Å². The first-order valence-corrected chi connectivity index (χ1v) is 7.80. The van der Waals surface area contributed by atoms with Crippen LogP contribution in [0.4, 0.5) is 5.69 Å². The second-order valence-electron chi connectivity index (χ2n) is 4.65. The van der Waals surface area contributed by atoms with Crippen LogP contribution in [0, 0.1) is 6.92 Å². The van der Waals surface area contributed by atoms with Crippen LogP contribution in [0.1, 0.15) is 18.1 Å². The lowest BCUT2D eigenvalue weighted by molar-refractivity contribution is 0.319. The molecule has 0 radical (unpaired) electrons. The van der Waals surface area contributed by atoms with Gasteiger partial charge in [0.2, 0.25) is 0 Å². The summed E-state index contributed by atoms with van der Waals surface area (Å²) >= 11 is 0. The zero-order chi connectivity index (χ0) is 15.5. The average molecular weight is 304 g/mol. The van der Waals surface area contributed by atoms with Crippen molar-refractivity contribution >= 4 is 21.4 Å². The van der Waals surface area contributed by atoms with Crippen LogP contribution in [-0.2, 0) is 10.0 Å². The van der Waals surface area contributed by atoms with Crippen molar-refractivity contribution in [2.24, 2.45) is 5.16 Å². The number of nitrogens with zero attached hydrogens (tertiary/aromatic N) is 1. The number of oxime groups is 1. The Labute approximate surface area is 124 Å². The smallest absolute Gasteiger partial charge is 0.261 e. The van der Waals surface area contributed by atoms with Gasteiger partial charge in [0.05, 0.1) is 16.3 Å². The molecule has 2 rings (SSSR count). The summed E-state index contributed by atoms with van der Waals surface area (Å²) in [5.74, 6) is 0. The summed E-state index contributed by atoms with van der Waals surface area (Å²) in [6.45, 7) is 3.49. The largest absolute Gasteiger partial charge is 0.411 e. The monoisotopic (exact) mass is 304 g/mol. The van der Waals surface area contributed by atoms with E-state index in [1.165, 1.54) is 0 Å². The number of sulfonamides is 1. The van der Waals surface area contributed by atoms with Crippen molar-refractivity contribution in [2.45, 2.75) is 18.7 Å². The quantitative estimate of drug-likeness (QED) is 0.518. The van der Waals surface area contributed by atoms with Crippen molar-refractivity contribution < 1.29 is 13.6 Å². The molecule has 0 saturated heterocycles. The van der Waals surface area contributed by atoms with Crippen molar-refractivity contribution in [3.8, 4) is 0 Å². The first-order chi connectivity index (χ1) is 9.94. The molecule has 6 heteroatoms. The van der Waals surface area contributed by atoms with Crippen LogP contribution in [0.5, 0.6) is 0 Å². The van der Waals surface area contributed by atoms with E-state index in [1.807, 2.05) is 6.92 Å². The highest BCUT2D eigenvalue weighted by molar-refractivity contribution is 7.92. The Balaban J connectivity index is 2.40. The lowest BCUT2D eigenvalue weighted by atomic mass is 10.1. The van der Waals surface area contributed by atoms with Gasteiger partial charge >= 0.3 is 0 Å². The molecule has 0 aliphatic rings. The fraction of sp³-hybridized carbons (Fsp3) is 0.133. The van der Waals surface area contributed by atoms with Crippen LogP contribution in [0.3, 0.4) is 0 Å². The van der Waals surface area contributed by atoms with Crippen molar-refractivity contribution in [3.05, 3.63) is 59.7 Å². The second kappa shape index (κ2) is 5.97. The Hall–Kier alpha value is -2.34. The molecule has 0 aromatic heterocycles. The summed E-state index contributed by atoms with van der Waals surface area (Å²) in [5, 5.41) is 12.0. The lowest BCUT2D eigenvalue weighted by Gasteiger charge is -2.12. The molecular formula is C15H16N2O3S. The number of nitrogens with one attached hydrogen (secondary N) is 1. The predicted molar refractivity (Wildman–Crippen MR) is 82.4 cm³/mol. The van der Waals surface area contributed by atoms with Crippen LogP contribution in [0.25, 0.3) is 0 Å². The second-order valence-corrected chi connectivity index (χ2v) is 6.33. The standard InChI is InChI=1S/C15H16N2O3S/c1-11-7-9-13(10-8-11)21(19,20)17-15-6-4-3-5-14(15)12(2)16-18/h3-10,17-18H,1-2H3/b16-12-. The summed E-state index contributed by atoms with van der Waals surface area (Å²) in [6.07, 6.45) is 0. The van der Waals surface area contributed by atoms with Crippen molar-refractivity contribution in [1.29, 1.82) is 0 Å². The van der Waals surface area contributed by atoms with E-state index < -0.39 is 10.0 Å². The van der Waals surface area contributed by atoms with Gasteiger partial charge in [0, 0.05) is 5.56 Å². The van der Waals surface area contributed by atoms with E-state index in [-0.39, 0.29) is 4.90 Å². The fourth-order valence-corrected chi connectivity index (χ4v) is 2.94. The maximum absolute atomic E-state index is 12.4. The predicted octanol–water partition coefficient (Wildman–Crippen LogP) is 2.99. The molecule has 0 atom stereocenters. The van der Waals surface area contributed by atoms with E-state index in [4.69, 9.17) is 5.21 Å². The van der Waals surface area contributed by atoms with Crippen molar-refractivity contribution in [1.82, 2.24) is 0 Å². The van der Waals surface area contributed by atoms with Gasteiger partial charge in [-0.3, -0.25) is 4.72 Å². The summed E-state index contributed by atoms with van der Waals surface area (Å²) < 4.78 is 27.2. The van der Waals surface area contributed by atoms with Crippen LogP contribution < -0.4 is 4.72 Å². The summed E-state index contributed by atoms with van der Waals surface area (Å²) in [5.41, 5.74) is 2.21. The first kappa shape index (κ1) is 15.1. The molecule has 0 heterocycles. The van der Waals surface area contributed by atoms with E-state index in [9.17, 15) is 8.42 Å². The van der Waals surface area contributed by atoms with Crippen LogP contribution in [0.2, 0.25) is 0 Å². The third kappa shape index (κ3) is 3.41. The molecule has 0 bridgehead atoms. The molecule has 0 unspecified atom stereocenters. The number of hydrogen-bond acceptors (Lipinski definition) is 4. The van der Waals surface area contributed by atoms with Crippen LogP contribution in [0.15, 0.2) is 58.6 Å². The third-order valence-corrected chi connectivity index (χ3v) is 4.42. The van der Waals surface area contributed by atoms with E-state index in [0.717, 1.165) is 5.56 Å². The van der Waals surface area contributed by atoms with Gasteiger partial charge in [0.15, 0.2) is 0 Å². The molecule has 110 valence electrons. The van der Waals surface area contributed by atoms with E-state index in [2.05, 4.69) is 9.88 Å². The van der Waals surface area contributed by atoms with Gasteiger partial charge in [-0.25, -0.2) is 8.42 Å². The molecule has 0 aliphatic carbocycles. The van der Waals surface area contributed by atoms with Crippen LogP contribution in [-0.4, -0.2) is 19.3 Å². The van der Waals surface area contributed by atoms with Gasteiger partial charge in [-0.15, -0.1) is 0 Å². The van der Waals surface area contributed by atoms with Gasteiger partial charge in [-0.2, -0.15) is 0 Å². The molecule has 5 nitrogen and oxygen atoms in total. The minimum absolute atomic E-state index is 0.182. The van der Waals surface area contributed by atoms with E-state index in [0.29, 0.717) is 17.0 Å². The fourth-order valence-electron chi connectivity index (χ4n) is 1.86. The number of para-hydroxylation sites is 1. The van der Waals surface area contributed by atoms with Gasteiger partial charge < -0.3 is 5.21 Å². The first-order valence-electron chi connectivity index (χ1n) is 6.31. The maximum atomic E-state index is 12.4. The number of rotatable bonds is 4. The molecule has 0 fully saturated rings. The number of anilines is 1. The Morgan fingerprint density at radius 3 is 2.33 bits per heavy atom. The zero-order valence-electron chi connectivity index (χ0n) is 11.7. The number of hydrogen-bond donors (Lipinski definition) is 2. The van der Waals surface area contributed by atoms with E-state index >= 15 is 0 Å². The molecule has 0 saturated carbocycles. The van der Waals surface area contributed by atoms with Gasteiger partial charge in [0.1, 0.15) is 0 Å². The highest BCUT2D eigenvalue weighted by Gasteiger charge is 2.16. The molecule has 2 aromatic carbocycles. The third-order valence-electron chi connectivity index (χ3n) is 3.04. The van der Waals surface area contributed by atoms with Gasteiger partial charge in [-0.1, -0.05) is 41.1 Å². The summed E-state index contributed by atoms with van der Waals surface area (Å²) in [7, 11) is -3.68. The SMILES string of the molecule is C/C(=N/O)c1ccccc1NS(=O)(=O)c1ccc(C)cc1. The van der Waals surface area contributed by atoms with Crippen molar-refractivity contribution in [3.63, 3.8) is 0 Å². The molecule has 0 spiro atoms. The maximum Gasteiger partial charge on any atom is 0.261 e. The zero-order valence-corrected chi connectivity index (χ0v) is 12.6.